The van der Waals surface area contributed by atoms with E-state index in [0.29, 0.717) is 6.42 Å². The smallest absolute Gasteiger partial charge is 0.0621 e. The SMILES string of the molecule is N#CCC[C@H](CO)Cc1ccccc1. The van der Waals surface area contributed by atoms with E-state index in [1.807, 2.05) is 18.2 Å². The molecule has 2 heteroatoms. The number of hydrogen-bond donors (Lipinski definition) is 1. The van der Waals surface area contributed by atoms with Crippen molar-refractivity contribution in [2.24, 2.45) is 5.92 Å². The molecule has 0 spiro atoms. The van der Waals surface area contributed by atoms with Crippen LogP contribution in [0.1, 0.15) is 18.4 Å². The van der Waals surface area contributed by atoms with Crippen molar-refractivity contribution in [3.63, 3.8) is 0 Å². The van der Waals surface area contributed by atoms with E-state index < -0.39 is 0 Å². The Kier molecular flexibility index (Phi) is 4.74. The van der Waals surface area contributed by atoms with Gasteiger partial charge in [0.1, 0.15) is 0 Å². The number of aliphatic hydroxyl groups is 1. The number of aliphatic hydroxyl groups excluding tert-OH is 1. The molecule has 0 fully saturated rings. The molecule has 14 heavy (non-hydrogen) atoms. The van der Waals surface area contributed by atoms with E-state index in [9.17, 15) is 0 Å². The lowest BCUT2D eigenvalue weighted by molar-refractivity contribution is 0.219. The van der Waals surface area contributed by atoms with Crippen molar-refractivity contribution >= 4 is 0 Å². The van der Waals surface area contributed by atoms with Gasteiger partial charge in [-0.2, -0.15) is 5.26 Å². The molecule has 0 bridgehead atoms. The highest BCUT2D eigenvalue weighted by molar-refractivity contribution is 5.15. The number of nitrogens with zero attached hydrogens (tertiary/aromatic N) is 1. The predicted octanol–water partition coefficient (Wildman–Crippen LogP) is 2.14. The van der Waals surface area contributed by atoms with Crippen LogP contribution in [0.4, 0.5) is 0 Å². The zero-order valence-electron chi connectivity index (χ0n) is 8.19. The molecule has 74 valence electrons. The Morgan fingerprint density at radius 3 is 2.57 bits per heavy atom. The zero-order valence-corrected chi connectivity index (χ0v) is 8.19. The third-order valence-corrected chi connectivity index (χ3v) is 2.29. The van der Waals surface area contributed by atoms with E-state index in [0.717, 1.165) is 12.8 Å². The molecular formula is C12H15NO. The van der Waals surface area contributed by atoms with Crippen LogP contribution in [0.3, 0.4) is 0 Å². The topological polar surface area (TPSA) is 44.0 Å². The highest BCUT2D eigenvalue weighted by atomic mass is 16.3. The summed E-state index contributed by atoms with van der Waals surface area (Å²) in [7, 11) is 0. The van der Waals surface area contributed by atoms with Gasteiger partial charge in [0.25, 0.3) is 0 Å². The number of hydrogen-bond acceptors (Lipinski definition) is 2. The Morgan fingerprint density at radius 1 is 1.29 bits per heavy atom. The molecule has 2 nitrogen and oxygen atoms in total. The third kappa shape index (κ3) is 3.59. The van der Waals surface area contributed by atoms with Gasteiger partial charge >= 0.3 is 0 Å². The number of benzene rings is 1. The maximum absolute atomic E-state index is 9.10. The molecule has 0 saturated heterocycles. The summed E-state index contributed by atoms with van der Waals surface area (Å²) in [5.74, 6) is 0.219. The van der Waals surface area contributed by atoms with Gasteiger partial charge in [-0.15, -0.1) is 0 Å². The van der Waals surface area contributed by atoms with Gasteiger partial charge in [0.05, 0.1) is 6.07 Å². The Morgan fingerprint density at radius 2 is 2.00 bits per heavy atom. The van der Waals surface area contributed by atoms with E-state index in [2.05, 4.69) is 18.2 Å². The molecule has 1 rings (SSSR count). The van der Waals surface area contributed by atoms with E-state index >= 15 is 0 Å². The van der Waals surface area contributed by atoms with Crippen LogP contribution in [0.15, 0.2) is 30.3 Å². The fourth-order valence-electron chi connectivity index (χ4n) is 1.47. The van der Waals surface area contributed by atoms with Gasteiger partial charge in [-0.25, -0.2) is 0 Å². The lowest BCUT2D eigenvalue weighted by Gasteiger charge is -2.11. The molecular weight excluding hydrogens is 174 g/mol. The maximum Gasteiger partial charge on any atom is 0.0621 e. The van der Waals surface area contributed by atoms with Crippen molar-refractivity contribution in [1.29, 1.82) is 5.26 Å². The summed E-state index contributed by atoms with van der Waals surface area (Å²) in [5, 5.41) is 17.5. The van der Waals surface area contributed by atoms with E-state index in [-0.39, 0.29) is 12.5 Å². The molecule has 0 aliphatic heterocycles. The molecule has 0 aromatic heterocycles. The van der Waals surface area contributed by atoms with Crippen molar-refractivity contribution in [2.45, 2.75) is 19.3 Å². The van der Waals surface area contributed by atoms with Crippen molar-refractivity contribution < 1.29 is 5.11 Å². The minimum atomic E-state index is 0.163. The average Bonchev–Trinajstić information content (AvgIpc) is 2.25. The van der Waals surface area contributed by atoms with E-state index in [1.54, 1.807) is 0 Å². The van der Waals surface area contributed by atoms with Crippen LogP contribution in [0, 0.1) is 17.2 Å². The van der Waals surface area contributed by atoms with Crippen LogP contribution < -0.4 is 0 Å². The van der Waals surface area contributed by atoms with Crippen LogP contribution in [-0.2, 0) is 6.42 Å². The molecule has 1 aromatic rings. The zero-order chi connectivity index (χ0) is 10.2. The molecule has 0 amide bonds. The minimum Gasteiger partial charge on any atom is -0.396 e. The Labute approximate surface area is 84.8 Å². The first-order chi connectivity index (χ1) is 6.86. The molecule has 1 aromatic carbocycles. The Hall–Kier alpha value is -1.33. The summed E-state index contributed by atoms with van der Waals surface area (Å²) >= 11 is 0. The Balaban J connectivity index is 2.45. The second-order valence-corrected chi connectivity index (χ2v) is 3.44. The van der Waals surface area contributed by atoms with Crippen molar-refractivity contribution in [3.05, 3.63) is 35.9 Å². The van der Waals surface area contributed by atoms with Crippen LogP contribution in [0.25, 0.3) is 0 Å². The van der Waals surface area contributed by atoms with Crippen molar-refractivity contribution in [1.82, 2.24) is 0 Å². The van der Waals surface area contributed by atoms with Crippen molar-refractivity contribution in [2.75, 3.05) is 6.61 Å². The minimum absolute atomic E-state index is 0.163. The summed E-state index contributed by atoms with van der Waals surface area (Å²) in [6.07, 6.45) is 2.17. The molecule has 0 unspecified atom stereocenters. The van der Waals surface area contributed by atoms with Gasteiger partial charge in [0.15, 0.2) is 0 Å². The highest BCUT2D eigenvalue weighted by Crippen LogP contribution is 2.13. The van der Waals surface area contributed by atoms with Gasteiger partial charge in [-0.1, -0.05) is 30.3 Å². The van der Waals surface area contributed by atoms with Gasteiger partial charge < -0.3 is 5.11 Å². The monoisotopic (exact) mass is 189 g/mol. The van der Waals surface area contributed by atoms with Gasteiger partial charge in [-0.3, -0.25) is 0 Å². The quantitative estimate of drug-likeness (QED) is 0.771. The predicted molar refractivity (Wildman–Crippen MR) is 55.6 cm³/mol. The second kappa shape index (κ2) is 6.17. The average molecular weight is 189 g/mol. The summed E-state index contributed by atoms with van der Waals surface area (Å²) in [6.45, 7) is 0.163. The normalized spacial score (nSPS) is 12.0. The van der Waals surface area contributed by atoms with Gasteiger partial charge in [0, 0.05) is 13.0 Å². The molecule has 1 N–H and O–H groups in total. The molecule has 0 aliphatic carbocycles. The van der Waals surface area contributed by atoms with E-state index in [4.69, 9.17) is 10.4 Å². The van der Waals surface area contributed by atoms with Crippen LogP contribution in [0.5, 0.6) is 0 Å². The highest BCUT2D eigenvalue weighted by Gasteiger charge is 2.07. The summed E-state index contributed by atoms with van der Waals surface area (Å²) in [6, 6.07) is 12.2. The number of nitriles is 1. The van der Waals surface area contributed by atoms with Gasteiger partial charge in [0.2, 0.25) is 0 Å². The molecule has 0 radical (unpaired) electrons. The van der Waals surface area contributed by atoms with Crippen molar-refractivity contribution in [3.8, 4) is 6.07 Å². The molecule has 1 atom stereocenters. The summed E-state index contributed by atoms with van der Waals surface area (Å²) in [5.41, 5.74) is 1.23. The van der Waals surface area contributed by atoms with Crippen LogP contribution in [0.2, 0.25) is 0 Å². The number of rotatable bonds is 5. The fourth-order valence-corrected chi connectivity index (χ4v) is 1.47. The first-order valence-electron chi connectivity index (χ1n) is 4.88. The third-order valence-electron chi connectivity index (χ3n) is 2.29. The van der Waals surface area contributed by atoms with Gasteiger partial charge in [-0.05, 0) is 24.3 Å². The second-order valence-electron chi connectivity index (χ2n) is 3.44. The maximum atomic E-state index is 9.10. The van der Waals surface area contributed by atoms with Crippen LogP contribution in [-0.4, -0.2) is 11.7 Å². The lowest BCUT2D eigenvalue weighted by atomic mass is 9.96. The largest absolute Gasteiger partial charge is 0.396 e. The first kappa shape index (κ1) is 10.7. The summed E-state index contributed by atoms with van der Waals surface area (Å²) < 4.78 is 0. The fraction of sp³-hybridized carbons (Fsp3) is 0.417. The van der Waals surface area contributed by atoms with E-state index in [1.165, 1.54) is 5.56 Å². The standard InChI is InChI=1S/C12H15NO/c13-8-4-7-12(10-14)9-11-5-2-1-3-6-11/h1-3,5-6,12,14H,4,7,9-10H2/t12-/m0/s1. The first-order valence-corrected chi connectivity index (χ1v) is 4.88. The van der Waals surface area contributed by atoms with Crippen LogP contribution >= 0.6 is 0 Å². The summed E-state index contributed by atoms with van der Waals surface area (Å²) in [4.78, 5) is 0. The molecule has 0 saturated carbocycles. The Bertz CT molecular complexity index is 289. The molecule has 0 heterocycles. The molecule has 0 aliphatic rings. The lowest BCUT2D eigenvalue weighted by Crippen LogP contribution is -2.09.